The largest absolute Gasteiger partial charge is 0.462 e. The molecule has 3 aromatic rings. The van der Waals surface area contributed by atoms with Crippen LogP contribution in [-0.2, 0) is 19.1 Å². The second kappa shape index (κ2) is 12.3. The fourth-order valence-corrected chi connectivity index (χ4v) is 4.63. The van der Waals surface area contributed by atoms with E-state index in [1.807, 2.05) is 64.2 Å². The summed E-state index contributed by atoms with van der Waals surface area (Å²) in [6, 6.07) is 15.5. The molecule has 210 valence electrons. The summed E-state index contributed by atoms with van der Waals surface area (Å²) in [5.41, 5.74) is 4.31. The number of ether oxygens (including phenoxy) is 2. The number of para-hydroxylation sites is 1. The standard InChI is InChI=1S/C32H36FN3O4/c1-19(2)17-39-31(37)27-21(5)34-22(6)28(32(38)40-18-20(3)4)29(27)26-16-36(25-10-8-7-9-11-25)35-30(26)23-12-14-24(33)15-13-23/h7-16,19-20,29,34H,17-18H2,1-6H3. The molecule has 2 heterocycles. The van der Waals surface area contributed by atoms with Gasteiger partial charge < -0.3 is 14.8 Å². The molecular formula is C32H36FN3O4. The smallest absolute Gasteiger partial charge is 0.336 e. The molecule has 7 nitrogen and oxygen atoms in total. The fraction of sp³-hybridized carbons (Fsp3) is 0.344. The van der Waals surface area contributed by atoms with Crippen molar-refractivity contribution in [1.82, 2.24) is 15.1 Å². The molecular weight excluding hydrogens is 509 g/mol. The van der Waals surface area contributed by atoms with Gasteiger partial charge in [0.05, 0.1) is 41.7 Å². The summed E-state index contributed by atoms with van der Waals surface area (Å²) in [6.07, 6.45) is 1.82. The summed E-state index contributed by atoms with van der Waals surface area (Å²) < 4.78 is 27.0. The third kappa shape index (κ3) is 6.33. The minimum Gasteiger partial charge on any atom is -0.462 e. The molecule has 0 bridgehead atoms. The highest BCUT2D eigenvalue weighted by atomic mass is 19.1. The van der Waals surface area contributed by atoms with Crippen molar-refractivity contribution in [2.24, 2.45) is 11.8 Å². The number of dihydropyridines is 1. The molecule has 0 amide bonds. The van der Waals surface area contributed by atoms with Gasteiger partial charge in [-0.2, -0.15) is 5.10 Å². The third-order valence-electron chi connectivity index (χ3n) is 6.49. The molecule has 2 aromatic carbocycles. The number of rotatable bonds is 9. The summed E-state index contributed by atoms with van der Waals surface area (Å²) in [6.45, 7) is 11.9. The number of hydrogen-bond acceptors (Lipinski definition) is 6. The second-order valence-electron chi connectivity index (χ2n) is 10.8. The van der Waals surface area contributed by atoms with Crippen molar-refractivity contribution in [3.63, 3.8) is 0 Å². The van der Waals surface area contributed by atoms with Crippen LogP contribution in [0.3, 0.4) is 0 Å². The monoisotopic (exact) mass is 545 g/mol. The Hall–Kier alpha value is -4.20. The number of carbonyl (C=O) groups is 2. The van der Waals surface area contributed by atoms with Crippen LogP contribution in [0.5, 0.6) is 0 Å². The number of halogens is 1. The first-order valence-electron chi connectivity index (χ1n) is 13.5. The normalized spacial score (nSPS) is 14.1. The molecule has 1 aliphatic rings. The third-order valence-corrected chi connectivity index (χ3v) is 6.49. The number of nitrogens with zero attached hydrogens (tertiary/aromatic N) is 2. The van der Waals surface area contributed by atoms with E-state index >= 15 is 0 Å². The molecule has 0 aliphatic carbocycles. The predicted molar refractivity (Wildman–Crippen MR) is 152 cm³/mol. The molecule has 0 saturated carbocycles. The summed E-state index contributed by atoms with van der Waals surface area (Å²) >= 11 is 0. The Morgan fingerprint density at radius 2 is 1.40 bits per heavy atom. The van der Waals surface area contributed by atoms with Crippen molar-refractivity contribution in [1.29, 1.82) is 0 Å². The minimum absolute atomic E-state index is 0.128. The van der Waals surface area contributed by atoms with Gasteiger partial charge in [0, 0.05) is 28.7 Å². The van der Waals surface area contributed by atoms with Crippen LogP contribution in [0.2, 0.25) is 0 Å². The van der Waals surface area contributed by atoms with Crippen LogP contribution in [-0.4, -0.2) is 34.9 Å². The zero-order chi connectivity index (χ0) is 29.0. The van der Waals surface area contributed by atoms with Crippen LogP contribution in [0.1, 0.15) is 53.0 Å². The van der Waals surface area contributed by atoms with E-state index in [0.717, 1.165) is 5.69 Å². The SMILES string of the molecule is CC1=C(C(=O)OCC(C)C)C(c2cn(-c3ccccc3)nc2-c2ccc(F)cc2)C(C(=O)OCC(C)C)=C(C)N1. The molecule has 40 heavy (non-hydrogen) atoms. The molecule has 1 N–H and O–H groups in total. The molecule has 0 radical (unpaired) electrons. The molecule has 1 aliphatic heterocycles. The van der Waals surface area contributed by atoms with E-state index in [1.54, 1.807) is 30.7 Å². The highest BCUT2D eigenvalue weighted by molar-refractivity contribution is 6.00. The second-order valence-corrected chi connectivity index (χ2v) is 10.8. The van der Waals surface area contributed by atoms with E-state index in [4.69, 9.17) is 14.6 Å². The van der Waals surface area contributed by atoms with Crippen LogP contribution in [0.4, 0.5) is 4.39 Å². The van der Waals surface area contributed by atoms with E-state index < -0.39 is 17.9 Å². The zero-order valence-electron chi connectivity index (χ0n) is 23.8. The first kappa shape index (κ1) is 28.8. The topological polar surface area (TPSA) is 82.5 Å². The Bertz CT molecular complexity index is 1390. The average molecular weight is 546 g/mol. The Kier molecular flexibility index (Phi) is 8.87. The average Bonchev–Trinajstić information content (AvgIpc) is 3.36. The summed E-state index contributed by atoms with van der Waals surface area (Å²) in [4.78, 5) is 27.3. The van der Waals surface area contributed by atoms with Crippen LogP contribution in [0.15, 0.2) is 83.3 Å². The van der Waals surface area contributed by atoms with Crippen molar-refractivity contribution < 1.29 is 23.5 Å². The van der Waals surface area contributed by atoms with Crippen molar-refractivity contribution >= 4 is 11.9 Å². The lowest BCUT2D eigenvalue weighted by Crippen LogP contribution is -2.33. The quantitative estimate of drug-likeness (QED) is 0.317. The van der Waals surface area contributed by atoms with E-state index in [2.05, 4.69) is 5.32 Å². The van der Waals surface area contributed by atoms with E-state index in [1.165, 1.54) is 12.1 Å². The van der Waals surface area contributed by atoms with Crippen LogP contribution in [0.25, 0.3) is 16.9 Å². The Balaban J connectivity index is 1.95. The molecule has 0 saturated heterocycles. The maximum Gasteiger partial charge on any atom is 0.336 e. The number of hydrogen-bond donors (Lipinski definition) is 1. The number of carbonyl (C=O) groups excluding carboxylic acids is 2. The van der Waals surface area contributed by atoms with E-state index in [0.29, 0.717) is 39.4 Å². The van der Waals surface area contributed by atoms with Crippen molar-refractivity contribution in [2.45, 2.75) is 47.5 Å². The Labute approximate surface area is 234 Å². The van der Waals surface area contributed by atoms with Gasteiger partial charge in [-0.15, -0.1) is 0 Å². The Morgan fingerprint density at radius 1 is 0.875 bits per heavy atom. The first-order chi connectivity index (χ1) is 19.1. The van der Waals surface area contributed by atoms with Gasteiger partial charge in [0.15, 0.2) is 0 Å². The number of benzene rings is 2. The molecule has 1 aromatic heterocycles. The van der Waals surface area contributed by atoms with Gasteiger partial charge in [0.2, 0.25) is 0 Å². The highest BCUT2D eigenvalue weighted by Crippen LogP contribution is 2.43. The van der Waals surface area contributed by atoms with Crippen molar-refractivity contribution in [3.05, 3.63) is 94.7 Å². The predicted octanol–water partition coefficient (Wildman–Crippen LogP) is 6.31. The molecule has 0 spiro atoms. The molecule has 8 heteroatoms. The maximum atomic E-state index is 13.9. The number of aromatic nitrogens is 2. The lowest BCUT2D eigenvalue weighted by molar-refractivity contribution is -0.141. The van der Waals surface area contributed by atoms with Gasteiger partial charge >= 0.3 is 11.9 Å². The summed E-state index contributed by atoms with van der Waals surface area (Å²) in [5, 5.41) is 8.07. The minimum atomic E-state index is -0.835. The van der Waals surface area contributed by atoms with Crippen LogP contribution < -0.4 is 5.32 Å². The van der Waals surface area contributed by atoms with Gasteiger partial charge in [-0.3, -0.25) is 0 Å². The fourth-order valence-electron chi connectivity index (χ4n) is 4.63. The molecule has 0 atom stereocenters. The van der Waals surface area contributed by atoms with E-state index in [9.17, 15) is 14.0 Å². The highest BCUT2D eigenvalue weighted by Gasteiger charge is 2.40. The maximum absolute atomic E-state index is 13.9. The number of allylic oxidation sites excluding steroid dienone is 2. The molecule has 4 rings (SSSR count). The van der Waals surface area contributed by atoms with Crippen LogP contribution >= 0.6 is 0 Å². The zero-order valence-corrected chi connectivity index (χ0v) is 23.8. The van der Waals surface area contributed by atoms with Crippen LogP contribution in [0, 0.1) is 17.7 Å². The lowest BCUT2D eigenvalue weighted by atomic mass is 9.79. The van der Waals surface area contributed by atoms with Gasteiger partial charge in [-0.1, -0.05) is 45.9 Å². The van der Waals surface area contributed by atoms with Crippen molar-refractivity contribution in [2.75, 3.05) is 13.2 Å². The lowest BCUT2D eigenvalue weighted by Gasteiger charge is -2.30. The molecule has 0 fully saturated rings. The van der Waals surface area contributed by atoms with Gasteiger partial charge in [0.25, 0.3) is 0 Å². The van der Waals surface area contributed by atoms with Crippen molar-refractivity contribution in [3.8, 4) is 16.9 Å². The van der Waals surface area contributed by atoms with E-state index in [-0.39, 0.29) is 30.9 Å². The Morgan fingerprint density at radius 3 is 1.90 bits per heavy atom. The first-order valence-corrected chi connectivity index (χ1v) is 13.5. The number of nitrogens with one attached hydrogen (secondary N) is 1. The van der Waals surface area contributed by atoms with Gasteiger partial charge in [-0.05, 0) is 62.1 Å². The number of esters is 2. The molecule has 0 unspecified atom stereocenters. The van der Waals surface area contributed by atoms with Gasteiger partial charge in [-0.25, -0.2) is 18.7 Å². The van der Waals surface area contributed by atoms with Gasteiger partial charge in [0.1, 0.15) is 5.82 Å². The summed E-state index contributed by atoms with van der Waals surface area (Å²) in [5.74, 6) is -2.01. The summed E-state index contributed by atoms with van der Waals surface area (Å²) in [7, 11) is 0.